The van der Waals surface area contributed by atoms with Gasteiger partial charge in [-0.15, -0.1) is 0 Å². The molecule has 0 spiro atoms. The molecule has 0 saturated carbocycles. The summed E-state index contributed by atoms with van der Waals surface area (Å²) >= 11 is 5.68. The van der Waals surface area contributed by atoms with Gasteiger partial charge in [0.15, 0.2) is 0 Å². The zero-order chi connectivity index (χ0) is 18.0. The van der Waals surface area contributed by atoms with E-state index in [1.165, 1.54) is 40.7 Å². The molecule has 1 aliphatic rings. The van der Waals surface area contributed by atoms with E-state index in [1.807, 2.05) is 0 Å². The van der Waals surface area contributed by atoms with Gasteiger partial charge in [-0.1, -0.05) is 11.6 Å². The molecule has 1 amide bonds. The molecule has 2 aromatic carbocycles. The van der Waals surface area contributed by atoms with Crippen molar-refractivity contribution in [1.82, 2.24) is 4.31 Å². The van der Waals surface area contributed by atoms with Crippen molar-refractivity contribution in [2.24, 2.45) is 0 Å². The fourth-order valence-corrected chi connectivity index (χ4v) is 4.33. The van der Waals surface area contributed by atoms with Gasteiger partial charge >= 0.3 is 0 Å². The SMILES string of the molecule is O=C(Nc1ccc(F)c(Cl)c1)c1ccc(S(=O)(=O)N2CCCC2)cc1. The number of nitrogens with zero attached hydrogens (tertiary/aromatic N) is 1. The summed E-state index contributed by atoms with van der Waals surface area (Å²) in [5.41, 5.74) is 0.644. The van der Waals surface area contributed by atoms with Gasteiger partial charge in [0, 0.05) is 24.3 Å². The lowest BCUT2D eigenvalue weighted by molar-refractivity contribution is 0.102. The summed E-state index contributed by atoms with van der Waals surface area (Å²) in [7, 11) is -3.51. The smallest absolute Gasteiger partial charge is 0.255 e. The van der Waals surface area contributed by atoms with Gasteiger partial charge in [0.2, 0.25) is 10.0 Å². The fourth-order valence-electron chi connectivity index (χ4n) is 2.63. The average Bonchev–Trinajstić information content (AvgIpc) is 3.14. The van der Waals surface area contributed by atoms with Crippen LogP contribution in [0.5, 0.6) is 0 Å². The van der Waals surface area contributed by atoms with E-state index in [9.17, 15) is 17.6 Å². The molecule has 1 fully saturated rings. The first-order valence-electron chi connectivity index (χ1n) is 7.74. The number of amides is 1. The van der Waals surface area contributed by atoms with Crippen molar-refractivity contribution in [1.29, 1.82) is 0 Å². The molecule has 25 heavy (non-hydrogen) atoms. The number of nitrogens with one attached hydrogen (secondary N) is 1. The van der Waals surface area contributed by atoms with Crippen molar-refractivity contribution in [3.63, 3.8) is 0 Å². The number of hydrogen-bond acceptors (Lipinski definition) is 3. The minimum absolute atomic E-state index is 0.0927. The van der Waals surface area contributed by atoms with Crippen molar-refractivity contribution < 1.29 is 17.6 Å². The molecule has 0 atom stereocenters. The second-order valence-electron chi connectivity index (χ2n) is 5.72. The Morgan fingerprint density at radius 2 is 1.72 bits per heavy atom. The summed E-state index contributed by atoms with van der Waals surface area (Å²) in [6, 6.07) is 9.59. The summed E-state index contributed by atoms with van der Waals surface area (Å²) in [5, 5.41) is 2.50. The van der Waals surface area contributed by atoms with Crippen LogP contribution in [-0.2, 0) is 10.0 Å². The van der Waals surface area contributed by atoms with E-state index in [1.54, 1.807) is 0 Å². The molecule has 1 aliphatic heterocycles. The number of halogens is 2. The predicted molar refractivity (Wildman–Crippen MR) is 93.8 cm³/mol. The van der Waals surface area contributed by atoms with E-state index in [4.69, 9.17) is 11.6 Å². The molecule has 0 bridgehead atoms. The van der Waals surface area contributed by atoms with Crippen molar-refractivity contribution in [3.8, 4) is 0 Å². The maximum absolute atomic E-state index is 13.1. The van der Waals surface area contributed by atoms with Gasteiger partial charge in [-0.25, -0.2) is 12.8 Å². The van der Waals surface area contributed by atoms with Crippen molar-refractivity contribution in [2.75, 3.05) is 18.4 Å². The first-order chi connectivity index (χ1) is 11.9. The molecular weight excluding hydrogens is 367 g/mol. The van der Waals surface area contributed by atoms with Gasteiger partial charge in [-0.05, 0) is 55.3 Å². The number of anilines is 1. The highest BCUT2D eigenvalue weighted by Crippen LogP contribution is 2.22. The quantitative estimate of drug-likeness (QED) is 0.879. The Bertz CT molecular complexity index is 895. The summed E-state index contributed by atoms with van der Waals surface area (Å²) in [6.07, 6.45) is 1.72. The highest BCUT2D eigenvalue weighted by atomic mass is 35.5. The Morgan fingerprint density at radius 1 is 1.08 bits per heavy atom. The van der Waals surface area contributed by atoms with Gasteiger partial charge in [0.25, 0.3) is 5.91 Å². The Hall–Kier alpha value is -1.96. The van der Waals surface area contributed by atoms with Crippen LogP contribution in [0.3, 0.4) is 0 Å². The summed E-state index contributed by atoms with van der Waals surface area (Å²) in [4.78, 5) is 12.4. The van der Waals surface area contributed by atoms with Gasteiger partial charge in [0.05, 0.1) is 9.92 Å². The summed E-state index contributed by atoms with van der Waals surface area (Å²) in [5.74, 6) is -1.01. The number of carbonyl (C=O) groups is 1. The van der Waals surface area contributed by atoms with Crippen LogP contribution in [-0.4, -0.2) is 31.7 Å². The lowest BCUT2D eigenvalue weighted by Gasteiger charge is -2.15. The predicted octanol–water partition coefficient (Wildman–Crippen LogP) is 3.52. The molecule has 0 aromatic heterocycles. The van der Waals surface area contributed by atoms with E-state index in [0.29, 0.717) is 24.3 Å². The highest BCUT2D eigenvalue weighted by molar-refractivity contribution is 7.89. The monoisotopic (exact) mass is 382 g/mol. The maximum atomic E-state index is 13.1. The summed E-state index contributed by atoms with van der Waals surface area (Å²) < 4.78 is 39.5. The third kappa shape index (κ3) is 3.84. The highest BCUT2D eigenvalue weighted by Gasteiger charge is 2.27. The third-order valence-electron chi connectivity index (χ3n) is 4.00. The molecule has 3 rings (SSSR count). The minimum atomic E-state index is -3.51. The Labute approximate surface area is 150 Å². The van der Waals surface area contributed by atoms with E-state index >= 15 is 0 Å². The van der Waals surface area contributed by atoms with Gasteiger partial charge in [-0.2, -0.15) is 4.31 Å². The van der Waals surface area contributed by atoms with Crippen molar-refractivity contribution in [3.05, 3.63) is 58.9 Å². The van der Waals surface area contributed by atoms with Crippen molar-refractivity contribution >= 4 is 33.2 Å². The molecule has 5 nitrogen and oxygen atoms in total. The van der Waals surface area contributed by atoms with Crippen LogP contribution < -0.4 is 5.32 Å². The van der Waals surface area contributed by atoms with E-state index < -0.39 is 21.7 Å². The number of benzene rings is 2. The second kappa shape index (κ2) is 7.11. The molecule has 8 heteroatoms. The van der Waals surface area contributed by atoms with Crippen molar-refractivity contribution in [2.45, 2.75) is 17.7 Å². The Kier molecular flexibility index (Phi) is 5.08. The number of hydrogen-bond donors (Lipinski definition) is 1. The maximum Gasteiger partial charge on any atom is 0.255 e. The molecule has 132 valence electrons. The first kappa shape index (κ1) is 17.8. The molecular formula is C17H16ClFN2O3S. The standard InChI is InChI=1S/C17H16ClFN2O3S/c18-15-11-13(5-8-16(15)19)20-17(22)12-3-6-14(7-4-12)25(23,24)21-9-1-2-10-21/h3-8,11H,1-2,9-10H2,(H,20,22). The number of rotatable bonds is 4. The normalized spacial score (nSPS) is 15.3. The van der Waals surface area contributed by atoms with Gasteiger partial charge in [-0.3, -0.25) is 4.79 Å². The number of carbonyl (C=O) groups excluding carboxylic acids is 1. The molecule has 1 saturated heterocycles. The van der Waals surface area contributed by atoms with Crippen LogP contribution in [0.15, 0.2) is 47.4 Å². The minimum Gasteiger partial charge on any atom is -0.322 e. The van der Waals surface area contributed by atoms with Gasteiger partial charge < -0.3 is 5.32 Å². The van der Waals surface area contributed by atoms with Gasteiger partial charge in [0.1, 0.15) is 5.82 Å². The third-order valence-corrected chi connectivity index (χ3v) is 6.20. The lowest BCUT2D eigenvalue weighted by Crippen LogP contribution is -2.27. The summed E-state index contributed by atoms with van der Waals surface area (Å²) in [6.45, 7) is 1.05. The van der Waals surface area contributed by atoms with Crippen LogP contribution in [0.25, 0.3) is 0 Å². The molecule has 0 radical (unpaired) electrons. The second-order valence-corrected chi connectivity index (χ2v) is 8.06. The first-order valence-corrected chi connectivity index (χ1v) is 9.56. The van der Waals surface area contributed by atoms with E-state index in [0.717, 1.165) is 18.9 Å². The topological polar surface area (TPSA) is 66.5 Å². The van der Waals surface area contributed by atoms with E-state index in [-0.39, 0.29) is 9.92 Å². The zero-order valence-electron chi connectivity index (χ0n) is 13.2. The lowest BCUT2D eigenvalue weighted by atomic mass is 10.2. The largest absolute Gasteiger partial charge is 0.322 e. The average molecular weight is 383 g/mol. The van der Waals surface area contributed by atoms with E-state index in [2.05, 4.69) is 5.32 Å². The van der Waals surface area contributed by atoms with Crippen LogP contribution in [0, 0.1) is 5.82 Å². The molecule has 1 N–H and O–H groups in total. The molecule has 1 heterocycles. The zero-order valence-corrected chi connectivity index (χ0v) is 14.8. The van der Waals surface area contributed by atoms with Crippen LogP contribution in [0.1, 0.15) is 23.2 Å². The van der Waals surface area contributed by atoms with Crippen LogP contribution >= 0.6 is 11.6 Å². The molecule has 2 aromatic rings. The molecule has 0 unspecified atom stereocenters. The Balaban J connectivity index is 1.75. The fraction of sp³-hybridized carbons (Fsp3) is 0.235. The Morgan fingerprint density at radius 3 is 2.32 bits per heavy atom. The number of sulfonamides is 1. The van der Waals surface area contributed by atoms with Crippen LogP contribution in [0.2, 0.25) is 5.02 Å². The van der Waals surface area contributed by atoms with Crippen LogP contribution in [0.4, 0.5) is 10.1 Å². The molecule has 0 aliphatic carbocycles.